The van der Waals surface area contributed by atoms with Crippen molar-refractivity contribution in [1.29, 1.82) is 0 Å². The molecule has 5 atom stereocenters. The van der Waals surface area contributed by atoms with Crippen LogP contribution in [0.2, 0.25) is 0 Å². The van der Waals surface area contributed by atoms with Gasteiger partial charge in [0.15, 0.2) is 5.78 Å². The predicted molar refractivity (Wildman–Crippen MR) is 141 cm³/mol. The minimum absolute atomic E-state index is 0.0524. The molecule has 4 nitrogen and oxygen atoms in total. The van der Waals surface area contributed by atoms with E-state index in [0.717, 1.165) is 49.7 Å². The third-order valence-corrected chi connectivity index (χ3v) is 9.76. The summed E-state index contributed by atoms with van der Waals surface area (Å²) >= 11 is 0. The van der Waals surface area contributed by atoms with Crippen LogP contribution in [-0.2, 0) is 4.79 Å². The Hall–Kier alpha value is -2.82. The molecule has 6 rings (SSSR count). The molecule has 0 spiro atoms. The predicted octanol–water partition coefficient (Wildman–Crippen LogP) is 5.93. The van der Waals surface area contributed by atoms with E-state index in [2.05, 4.69) is 42.2 Å². The number of aromatic nitrogens is 1. The van der Waals surface area contributed by atoms with Crippen LogP contribution in [0.4, 0.5) is 0 Å². The van der Waals surface area contributed by atoms with Crippen molar-refractivity contribution in [3.8, 4) is 11.1 Å². The van der Waals surface area contributed by atoms with Crippen LogP contribution >= 0.6 is 0 Å². The quantitative estimate of drug-likeness (QED) is 0.531. The zero-order valence-electron chi connectivity index (χ0n) is 21.0. The monoisotopic (exact) mass is 481 g/mol. The van der Waals surface area contributed by atoms with Gasteiger partial charge < -0.3 is 10.2 Å². The Morgan fingerprint density at radius 1 is 1.08 bits per heavy atom. The summed E-state index contributed by atoms with van der Waals surface area (Å²) in [4.78, 5) is 16.5. The van der Waals surface area contributed by atoms with Gasteiger partial charge in [0, 0.05) is 30.1 Å². The van der Waals surface area contributed by atoms with Crippen molar-refractivity contribution in [3.63, 3.8) is 0 Å². The Bertz CT molecular complexity index is 1260. The van der Waals surface area contributed by atoms with Gasteiger partial charge in [-0.15, -0.1) is 0 Å². The fourth-order valence-electron chi connectivity index (χ4n) is 7.96. The fourth-order valence-corrected chi connectivity index (χ4v) is 7.96. The van der Waals surface area contributed by atoms with Crippen molar-refractivity contribution < 1.29 is 15.0 Å². The highest BCUT2D eigenvalue weighted by molar-refractivity contribution is 5.93. The van der Waals surface area contributed by atoms with Gasteiger partial charge in [-0.25, -0.2) is 0 Å². The van der Waals surface area contributed by atoms with Crippen LogP contribution in [-0.4, -0.2) is 33.2 Å². The lowest BCUT2D eigenvalue weighted by Crippen LogP contribution is -2.50. The van der Waals surface area contributed by atoms with Crippen LogP contribution < -0.4 is 0 Å². The van der Waals surface area contributed by atoms with Crippen LogP contribution in [0.25, 0.3) is 11.1 Å². The molecule has 2 saturated carbocycles. The topological polar surface area (TPSA) is 70.4 Å². The highest BCUT2D eigenvalue weighted by Gasteiger charge is 2.61. The number of ketones is 1. The van der Waals surface area contributed by atoms with E-state index >= 15 is 0 Å². The summed E-state index contributed by atoms with van der Waals surface area (Å²) in [5.74, 6) is 1.29. The first-order chi connectivity index (χ1) is 17.4. The molecule has 0 amide bonds. The maximum atomic E-state index is 12.3. The van der Waals surface area contributed by atoms with Gasteiger partial charge in [0.25, 0.3) is 0 Å². The van der Waals surface area contributed by atoms with E-state index in [0.29, 0.717) is 18.3 Å². The summed E-state index contributed by atoms with van der Waals surface area (Å²) in [5.41, 5.74) is 6.57. The molecule has 4 aliphatic carbocycles. The Labute approximate surface area is 213 Å². The Kier molecular flexibility index (Phi) is 5.85. The molecule has 0 unspecified atom stereocenters. The maximum Gasteiger partial charge on any atom is 0.156 e. The number of rotatable bonds is 4. The summed E-state index contributed by atoms with van der Waals surface area (Å²) in [6, 6.07) is 12.9. The number of pyridine rings is 1. The summed E-state index contributed by atoms with van der Waals surface area (Å²) in [7, 11) is 0. The maximum absolute atomic E-state index is 12.3. The first-order valence-electron chi connectivity index (χ1n) is 13.4. The van der Waals surface area contributed by atoms with Crippen LogP contribution in [0.3, 0.4) is 0 Å². The molecule has 2 fully saturated rings. The number of hydrogen-bond donors (Lipinski definition) is 2. The molecular weight excluding hydrogens is 446 g/mol. The van der Waals surface area contributed by atoms with Gasteiger partial charge in [-0.2, -0.15) is 0 Å². The Morgan fingerprint density at radius 3 is 2.67 bits per heavy atom. The number of allylic oxidation sites excluding steroid dienone is 4. The molecule has 2 N–H and O–H groups in total. The second-order valence-electron chi connectivity index (χ2n) is 11.4. The lowest BCUT2D eigenvalue weighted by Gasteiger charge is -2.54. The van der Waals surface area contributed by atoms with Crippen molar-refractivity contribution in [2.45, 2.75) is 63.4 Å². The zero-order chi connectivity index (χ0) is 24.9. The molecule has 36 heavy (non-hydrogen) atoms. The fraction of sp³-hybridized carbons (Fsp3) is 0.438. The number of benzene rings is 1. The summed E-state index contributed by atoms with van der Waals surface area (Å²) in [5, 5.41) is 21.4. The number of hydrogen-bond acceptors (Lipinski definition) is 4. The molecular formula is C32H35NO3. The van der Waals surface area contributed by atoms with Crippen molar-refractivity contribution in [2.75, 3.05) is 6.61 Å². The molecule has 0 radical (unpaired) electrons. The molecule has 186 valence electrons. The van der Waals surface area contributed by atoms with E-state index < -0.39 is 5.60 Å². The molecule has 1 aromatic heterocycles. The molecule has 2 aromatic rings. The van der Waals surface area contributed by atoms with Gasteiger partial charge in [0.05, 0.1) is 12.2 Å². The standard InChI is InChI=1S/C32H35NO3/c1-31-19-28(22-7-5-21(6-8-22)24-4-2-16-33-20-24)30-26-12-10-25(35)18-23(26)9-11-27(30)29(31)13-15-32(31,36)14-3-17-34/h2-8,14,16,18,20,27-29,34,36H,9-13,15,17,19H2,1H3/b14-3-/t27-,28+,29-,31-,32-/m0/s1. The minimum Gasteiger partial charge on any atom is -0.392 e. The van der Waals surface area contributed by atoms with Crippen LogP contribution in [0.15, 0.2) is 83.7 Å². The van der Waals surface area contributed by atoms with Gasteiger partial charge in [-0.1, -0.05) is 55.0 Å². The van der Waals surface area contributed by atoms with E-state index in [-0.39, 0.29) is 23.7 Å². The summed E-state index contributed by atoms with van der Waals surface area (Å²) in [6.07, 6.45) is 15.2. The Morgan fingerprint density at radius 2 is 1.92 bits per heavy atom. The zero-order valence-corrected chi connectivity index (χ0v) is 21.0. The van der Waals surface area contributed by atoms with Gasteiger partial charge in [0.2, 0.25) is 0 Å². The van der Waals surface area contributed by atoms with Crippen LogP contribution in [0, 0.1) is 17.3 Å². The van der Waals surface area contributed by atoms with Crippen molar-refractivity contribution in [1.82, 2.24) is 4.98 Å². The lowest BCUT2D eigenvalue weighted by molar-refractivity contribution is -0.114. The van der Waals surface area contributed by atoms with E-state index in [9.17, 15) is 15.0 Å². The van der Waals surface area contributed by atoms with E-state index in [1.54, 1.807) is 12.3 Å². The van der Waals surface area contributed by atoms with Gasteiger partial charge >= 0.3 is 0 Å². The molecule has 0 bridgehead atoms. The molecule has 0 saturated heterocycles. The number of carbonyl (C=O) groups is 1. The van der Waals surface area contributed by atoms with Crippen molar-refractivity contribution in [3.05, 3.63) is 89.3 Å². The van der Waals surface area contributed by atoms with Crippen LogP contribution in [0.5, 0.6) is 0 Å². The Balaban J connectivity index is 1.47. The summed E-state index contributed by atoms with van der Waals surface area (Å²) in [6.45, 7) is 2.23. The molecule has 1 aromatic carbocycles. The molecule has 4 heteroatoms. The lowest BCUT2D eigenvalue weighted by atomic mass is 9.51. The van der Waals surface area contributed by atoms with Gasteiger partial charge in [-0.05, 0) is 90.3 Å². The molecule has 0 aliphatic heterocycles. The third-order valence-electron chi connectivity index (χ3n) is 9.76. The van der Waals surface area contributed by atoms with Crippen molar-refractivity contribution >= 4 is 5.78 Å². The SMILES string of the molecule is C[C@]12C[C@H](c3ccc(-c4cccnc4)cc3)C3=C4CCC(=O)C=C4CC[C@H]3[C@@H]1CC[C@@]2(O)/C=C\CO. The summed E-state index contributed by atoms with van der Waals surface area (Å²) < 4.78 is 0. The van der Waals surface area contributed by atoms with Gasteiger partial charge in [-0.3, -0.25) is 9.78 Å². The first kappa shape index (κ1) is 23.6. The van der Waals surface area contributed by atoms with Crippen molar-refractivity contribution in [2.24, 2.45) is 17.3 Å². The number of fused-ring (bicyclic) bond motifs is 4. The van der Waals surface area contributed by atoms with Gasteiger partial charge in [0.1, 0.15) is 0 Å². The second kappa shape index (κ2) is 8.93. The highest BCUT2D eigenvalue weighted by atomic mass is 16.3. The minimum atomic E-state index is -0.914. The number of nitrogens with zero attached hydrogens (tertiary/aromatic N) is 1. The number of aliphatic hydroxyl groups excluding tert-OH is 1. The number of aliphatic hydroxyl groups is 2. The second-order valence-corrected chi connectivity index (χ2v) is 11.4. The average Bonchev–Trinajstić information content (AvgIpc) is 3.17. The highest BCUT2D eigenvalue weighted by Crippen LogP contribution is 2.67. The largest absolute Gasteiger partial charge is 0.392 e. The van der Waals surface area contributed by atoms with E-state index in [1.165, 1.54) is 22.3 Å². The third kappa shape index (κ3) is 3.65. The number of carbonyl (C=O) groups excluding carboxylic acids is 1. The smallest absolute Gasteiger partial charge is 0.156 e. The van der Waals surface area contributed by atoms with E-state index in [1.807, 2.05) is 24.4 Å². The van der Waals surface area contributed by atoms with Crippen LogP contribution in [0.1, 0.15) is 63.4 Å². The van der Waals surface area contributed by atoms with E-state index in [4.69, 9.17) is 0 Å². The molecule has 1 heterocycles. The molecule has 4 aliphatic rings. The average molecular weight is 482 g/mol. The first-order valence-corrected chi connectivity index (χ1v) is 13.4. The normalized spacial score (nSPS) is 33.8.